The monoisotopic (exact) mass is 699 g/mol. The van der Waals surface area contributed by atoms with Gasteiger partial charge in [0.25, 0.3) is 0 Å². The van der Waals surface area contributed by atoms with Gasteiger partial charge in [-0.05, 0) is 119 Å². The molecule has 1 heteroatoms. The maximum absolute atomic E-state index is 2.37. The highest BCUT2D eigenvalue weighted by Gasteiger charge is 2.16. The minimum absolute atomic E-state index is 1.10. The summed E-state index contributed by atoms with van der Waals surface area (Å²) in [7, 11) is 0. The maximum atomic E-state index is 2.37. The Morgan fingerprint density at radius 3 is 1.20 bits per heavy atom. The van der Waals surface area contributed by atoms with Gasteiger partial charge in [-0.1, -0.05) is 182 Å². The lowest BCUT2D eigenvalue weighted by molar-refractivity contribution is 1.28. The Morgan fingerprint density at radius 1 is 0.218 bits per heavy atom. The van der Waals surface area contributed by atoms with Crippen LogP contribution in [0, 0.1) is 0 Å². The Bertz CT molecular complexity index is 2830. The molecule has 0 amide bonds. The molecule has 0 saturated carbocycles. The summed E-state index contributed by atoms with van der Waals surface area (Å²) in [6, 6.07) is 81.4. The number of nitrogens with zero attached hydrogens (tertiary/aromatic N) is 1. The predicted molar refractivity (Wildman–Crippen MR) is 235 cm³/mol. The summed E-state index contributed by atoms with van der Waals surface area (Å²) in [6.07, 6.45) is 0. The minimum atomic E-state index is 1.10. The summed E-state index contributed by atoms with van der Waals surface area (Å²) < 4.78 is 0. The largest absolute Gasteiger partial charge is 0.310 e. The average molecular weight is 700 g/mol. The van der Waals surface area contributed by atoms with Crippen LogP contribution in [-0.2, 0) is 0 Å². The molecule has 0 radical (unpaired) electrons. The third kappa shape index (κ3) is 6.12. The summed E-state index contributed by atoms with van der Waals surface area (Å²) in [4.78, 5) is 2.37. The van der Waals surface area contributed by atoms with Crippen LogP contribution in [0.4, 0.5) is 17.1 Å². The van der Waals surface area contributed by atoms with E-state index >= 15 is 0 Å². The Kier molecular flexibility index (Phi) is 8.24. The van der Waals surface area contributed by atoms with Gasteiger partial charge in [-0.15, -0.1) is 0 Å². The maximum Gasteiger partial charge on any atom is 0.0467 e. The molecular formula is C54H37N. The molecular weight excluding hydrogens is 663 g/mol. The fourth-order valence-corrected chi connectivity index (χ4v) is 8.14. The third-order valence-corrected chi connectivity index (χ3v) is 10.9. The van der Waals surface area contributed by atoms with E-state index < -0.39 is 0 Å². The zero-order valence-electron chi connectivity index (χ0n) is 30.3. The molecule has 0 aromatic heterocycles. The molecule has 0 unspecified atom stereocenters. The molecule has 10 aromatic carbocycles. The van der Waals surface area contributed by atoms with Crippen LogP contribution in [0.2, 0.25) is 0 Å². The van der Waals surface area contributed by atoms with E-state index in [1.54, 1.807) is 0 Å². The smallest absolute Gasteiger partial charge is 0.0467 e. The van der Waals surface area contributed by atoms with Gasteiger partial charge >= 0.3 is 0 Å². The van der Waals surface area contributed by atoms with E-state index in [-0.39, 0.29) is 0 Å². The topological polar surface area (TPSA) is 3.24 Å². The molecule has 0 heterocycles. The van der Waals surface area contributed by atoms with Gasteiger partial charge < -0.3 is 4.90 Å². The fourth-order valence-electron chi connectivity index (χ4n) is 8.14. The highest BCUT2D eigenvalue weighted by Crippen LogP contribution is 2.40. The minimum Gasteiger partial charge on any atom is -0.310 e. The molecule has 0 aliphatic rings. The summed E-state index contributed by atoms with van der Waals surface area (Å²) in [6.45, 7) is 0. The van der Waals surface area contributed by atoms with Gasteiger partial charge in [-0.3, -0.25) is 0 Å². The molecule has 0 bridgehead atoms. The van der Waals surface area contributed by atoms with Crippen molar-refractivity contribution >= 4 is 49.4 Å². The molecule has 0 atom stereocenters. The van der Waals surface area contributed by atoms with Crippen molar-refractivity contribution in [3.8, 4) is 44.5 Å². The number of benzene rings is 10. The quantitative estimate of drug-likeness (QED) is 0.160. The van der Waals surface area contributed by atoms with Crippen LogP contribution < -0.4 is 4.90 Å². The fraction of sp³-hybridized carbons (Fsp3) is 0. The first kappa shape index (κ1) is 32.4. The van der Waals surface area contributed by atoms with Gasteiger partial charge in [0.15, 0.2) is 0 Å². The first-order chi connectivity index (χ1) is 27.3. The van der Waals surface area contributed by atoms with Crippen molar-refractivity contribution in [1.82, 2.24) is 0 Å². The lowest BCUT2D eigenvalue weighted by atomic mass is 9.95. The van der Waals surface area contributed by atoms with Crippen molar-refractivity contribution in [2.45, 2.75) is 0 Å². The van der Waals surface area contributed by atoms with E-state index in [4.69, 9.17) is 0 Å². The molecule has 258 valence electrons. The van der Waals surface area contributed by atoms with Crippen LogP contribution in [0.1, 0.15) is 0 Å². The van der Waals surface area contributed by atoms with Gasteiger partial charge in [-0.25, -0.2) is 0 Å². The number of rotatable bonds is 7. The summed E-state index contributed by atoms with van der Waals surface area (Å²) in [5.41, 5.74) is 13.0. The number of hydrogen-bond donors (Lipinski definition) is 0. The number of fused-ring (bicyclic) bond motifs is 3. The van der Waals surface area contributed by atoms with Crippen molar-refractivity contribution < 1.29 is 0 Å². The van der Waals surface area contributed by atoms with Gasteiger partial charge in [0.1, 0.15) is 0 Å². The van der Waals surface area contributed by atoms with Gasteiger partial charge in [-0.2, -0.15) is 0 Å². The van der Waals surface area contributed by atoms with Crippen LogP contribution in [0.3, 0.4) is 0 Å². The second kappa shape index (κ2) is 14.0. The lowest BCUT2D eigenvalue weighted by Gasteiger charge is -2.26. The summed E-state index contributed by atoms with van der Waals surface area (Å²) >= 11 is 0. The molecule has 1 nitrogen and oxygen atoms in total. The molecule has 55 heavy (non-hydrogen) atoms. The Balaban J connectivity index is 1.06. The van der Waals surface area contributed by atoms with Crippen LogP contribution in [0.25, 0.3) is 76.8 Å². The first-order valence-electron chi connectivity index (χ1n) is 18.9. The predicted octanol–water partition coefficient (Wildman–Crippen LogP) is 15.3. The van der Waals surface area contributed by atoms with Crippen molar-refractivity contribution in [3.63, 3.8) is 0 Å². The van der Waals surface area contributed by atoms with Crippen LogP contribution in [-0.4, -0.2) is 0 Å². The van der Waals surface area contributed by atoms with E-state index in [0.29, 0.717) is 0 Å². The van der Waals surface area contributed by atoms with Crippen molar-refractivity contribution in [2.75, 3.05) is 4.90 Å². The van der Waals surface area contributed by atoms with E-state index in [0.717, 1.165) is 17.1 Å². The summed E-state index contributed by atoms with van der Waals surface area (Å²) in [5, 5.41) is 7.51. The third-order valence-electron chi connectivity index (χ3n) is 10.9. The van der Waals surface area contributed by atoms with Crippen molar-refractivity contribution in [3.05, 3.63) is 224 Å². The van der Waals surface area contributed by atoms with Crippen molar-refractivity contribution in [2.24, 2.45) is 0 Å². The SMILES string of the molecule is c1ccc(-c2cccc3cc(-c4cccc(N(c5ccc(-c6cccc7ccccc67)cc5)c5ccc(-c6cccc7ccccc67)cc5)c4)ccc23)cc1. The van der Waals surface area contributed by atoms with Gasteiger partial charge in [0.2, 0.25) is 0 Å². The Morgan fingerprint density at radius 2 is 0.618 bits per heavy atom. The van der Waals surface area contributed by atoms with Gasteiger partial charge in [0, 0.05) is 17.1 Å². The zero-order valence-corrected chi connectivity index (χ0v) is 30.3. The zero-order chi connectivity index (χ0) is 36.6. The van der Waals surface area contributed by atoms with Crippen LogP contribution in [0.5, 0.6) is 0 Å². The average Bonchev–Trinajstić information content (AvgIpc) is 3.26. The standard InChI is InChI=1S/C54H37N/c1-2-12-38(13-3-1)51-25-11-19-45-36-44(30-35-54(45)51)43-18-8-20-48(37-43)55(46-31-26-41(27-32-46)52-23-9-16-39-14-4-6-21-49(39)52)47-33-28-42(29-34-47)53-24-10-17-40-15-5-7-22-50(40)53/h1-37H. The van der Waals surface area contributed by atoms with Gasteiger partial charge in [0.05, 0.1) is 0 Å². The molecule has 0 fully saturated rings. The van der Waals surface area contributed by atoms with E-state index in [1.807, 2.05) is 0 Å². The van der Waals surface area contributed by atoms with E-state index in [9.17, 15) is 0 Å². The Hall–Kier alpha value is -7.22. The molecule has 0 N–H and O–H groups in total. The molecule has 10 aromatic rings. The first-order valence-corrected chi connectivity index (χ1v) is 18.9. The number of anilines is 3. The van der Waals surface area contributed by atoms with E-state index in [1.165, 1.54) is 76.8 Å². The highest BCUT2D eigenvalue weighted by atomic mass is 15.1. The van der Waals surface area contributed by atoms with Crippen LogP contribution in [0.15, 0.2) is 224 Å². The Labute approximate surface area is 322 Å². The second-order valence-corrected chi connectivity index (χ2v) is 14.1. The summed E-state index contributed by atoms with van der Waals surface area (Å²) in [5.74, 6) is 0. The molecule has 0 aliphatic heterocycles. The normalized spacial score (nSPS) is 11.3. The molecule has 10 rings (SSSR count). The molecule has 0 saturated heterocycles. The molecule has 0 aliphatic carbocycles. The van der Waals surface area contributed by atoms with Crippen LogP contribution >= 0.6 is 0 Å². The number of hydrogen-bond acceptors (Lipinski definition) is 1. The molecule has 0 spiro atoms. The van der Waals surface area contributed by atoms with Crippen molar-refractivity contribution in [1.29, 1.82) is 0 Å². The second-order valence-electron chi connectivity index (χ2n) is 14.1. The van der Waals surface area contributed by atoms with E-state index in [2.05, 4.69) is 229 Å². The lowest BCUT2D eigenvalue weighted by Crippen LogP contribution is -2.10. The highest BCUT2D eigenvalue weighted by molar-refractivity contribution is 6.00.